The van der Waals surface area contributed by atoms with Gasteiger partial charge in [-0.25, -0.2) is 0 Å². The van der Waals surface area contributed by atoms with Crippen LogP contribution in [0.2, 0.25) is 0 Å². The van der Waals surface area contributed by atoms with Gasteiger partial charge in [0.1, 0.15) is 11.7 Å². The molecular formula is C12H17N3O5. The van der Waals surface area contributed by atoms with Crippen molar-refractivity contribution in [3.8, 4) is 11.5 Å². The summed E-state index contributed by atoms with van der Waals surface area (Å²) in [5.41, 5.74) is -0.0119. The number of nitro groups is 1. The Labute approximate surface area is 116 Å². The molecule has 1 atom stereocenters. The molecule has 1 rings (SSSR count). The summed E-state index contributed by atoms with van der Waals surface area (Å²) in [6, 6.07) is 2.05. The van der Waals surface area contributed by atoms with E-state index in [-0.39, 0.29) is 23.0 Å². The first-order valence-electron chi connectivity index (χ1n) is 5.83. The maximum absolute atomic E-state index is 11.5. The van der Waals surface area contributed by atoms with Crippen LogP contribution in [0.3, 0.4) is 0 Å². The zero-order valence-corrected chi connectivity index (χ0v) is 11.7. The van der Waals surface area contributed by atoms with Crippen LogP contribution in [-0.2, 0) is 4.79 Å². The Morgan fingerprint density at radius 1 is 1.30 bits per heavy atom. The number of methoxy groups -OCH3 is 2. The second-order valence-corrected chi connectivity index (χ2v) is 3.96. The summed E-state index contributed by atoms with van der Waals surface area (Å²) in [6.45, 7) is 1.60. The Morgan fingerprint density at radius 3 is 2.30 bits per heavy atom. The first-order valence-corrected chi connectivity index (χ1v) is 5.83. The molecule has 2 N–H and O–H groups in total. The van der Waals surface area contributed by atoms with Gasteiger partial charge < -0.3 is 20.1 Å². The molecule has 0 spiro atoms. The van der Waals surface area contributed by atoms with E-state index in [0.717, 1.165) is 0 Å². The van der Waals surface area contributed by atoms with Crippen LogP contribution >= 0.6 is 0 Å². The van der Waals surface area contributed by atoms with Crippen LogP contribution < -0.4 is 20.1 Å². The number of hydrogen-bond donors (Lipinski definition) is 2. The van der Waals surface area contributed by atoms with Crippen LogP contribution in [0.15, 0.2) is 12.1 Å². The number of carbonyl (C=O) groups is 1. The van der Waals surface area contributed by atoms with Crippen LogP contribution in [0.5, 0.6) is 11.5 Å². The maximum Gasteiger partial charge on any atom is 0.296 e. The fraction of sp³-hybridized carbons (Fsp3) is 0.417. The molecule has 0 aliphatic carbocycles. The topological polar surface area (TPSA) is 103 Å². The molecular weight excluding hydrogens is 266 g/mol. The normalized spacial score (nSPS) is 11.4. The summed E-state index contributed by atoms with van der Waals surface area (Å²) in [5.74, 6) is 0.302. The maximum atomic E-state index is 11.5. The molecule has 0 aliphatic heterocycles. The lowest BCUT2D eigenvalue weighted by atomic mass is 10.2. The van der Waals surface area contributed by atoms with Crippen molar-refractivity contribution in [2.75, 3.05) is 26.6 Å². The molecule has 8 nitrogen and oxygen atoms in total. The number of nitrogens with one attached hydrogen (secondary N) is 2. The van der Waals surface area contributed by atoms with E-state index in [2.05, 4.69) is 10.6 Å². The summed E-state index contributed by atoms with van der Waals surface area (Å²) in [6.07, 6.45) is 0. The van der Waals surface area contributed by atoms with Gasteiger partial charge in [0.25, 0.3) is 5.69 Å². The van der Waals surface area contributed by atoms with E-state index in [1.54, 1.807) is 6.92 Å². The van der Waals surface area contributed by atoms with Gasteiger partial charge in [-0.1, -0.05) is 0 Å². The molecule has 1 unspecified atom stereocenters. The molecule has 0 saturated carbocycles. The van der Waals surface area contributed by atoms with Gasteiger partial charge in [-0.3, -0.25) is 14.9 Å². The number of amides is 1. The van der Waals surface area contributed by atoms with E-state index in [4.69, 9.17) is 9.47 Å². The fourth-order valence-corrected chi connectivity index (χ4v) is 1.65. The smallest absolute Gasteiger partial charge is 0.296 e. The van der Waals surface area contributed by atoms with Gasteiger partial charge in [0.15, 0.2) is 11.5 Å². The van der Waals surface area contributed by atoms with Gasteiger partial charge in [-0.15, -0.1) is 0 Å². The minimum Gasteiger partial charge on any atom is -0.493 e. The zero-order valence-electron chi connectivity index (χ0n) is 11.7. The van der Waals surface area contributed by atoms with E-state index < -0.39 is 11.0 Å². The summed E-state index contributed by atoms with van der Waals surface area (Å²) in [4.78, 5) is 22.0. The standard InChI is InChI=1S/C12H17N3O5/c1-7(12(16)13-2)14-8-5-10(19-3)11(20-4)6-9(8)15(17)18/h5-7,14H,1-4H3,(H,13,16). The molecule has 0 heterocycles. The number of nitro benzene ring substituents is 1. The first kappa shape index (κ1) is 15.5. The molecule has 0 radical (unpaired) electrons. The highest BCUT2D eigenvalue weighted by atomic mass is 16.6. The summed E-state index contributed by atoms with van der Waals surface area (Å²) in [5, 5.41) is 16.3. The number of carbonyl (C=O) groups excluding carboxylic acids is 1. The van der Waals surface area contributed by atoms with E-state index in [0.29, 0.717) is 5.75 Å². The van der Waals surface area contributed by atoms with Crippen molar-refractivity contribution in [2.45, 2.75) is 13.0 Å². The van der Waals surface area contributed by atoms with Gasteiger partial charge in [-0.2, -0.15) is 0 Å². The number of ether oxygens (including phenoxy) is 2. The molecule has 0 fully saturated rings. The Hall–Kier alpha value is -2.51. The molecule has 1 aromatic rings. The quantitative estimate of drug-likeness (QED) is 0.600. The highest BCUT2D eigenvalue weighted by Gasteiger charge is 2.22. The Bertz CT molecular complexity index is 518. The summed E-state index contributed by atoms with van der Waals surface area (Å²) in [7, 11) is 4.31. The number of anilines is 1. The number of likely N-dealkylation sites (N-methyl/N-ethyl adjacent to an activating group) is 1. The molecule has 20 heavy (non-hydrogen) atoms. The minimum absolute atomic E-state index is 0.184. The summed E-state index contributed by atoms with van der Waals surface area (Å²) >= 11 is 0. The van der Waals surface area contributed by atoms with Gasteiger partial charge in [-0.05, 0) is 6.92 Å². The largest absolute Gasteiger partial charge is 0.493 e. The second-order valence-electron chi connectivity index (χ2n) is 3.96. The molecule has 0 aliphatic rings. The van der Waals surface area contributed by atoms with Crippen LogP contribution in [0.25, 0.3) is 0 Å². The van der Waals surface area contributed by atoms with E-state index >= 15 is 0 Å². The Kier molecular flexibility index (Phi) is 5.13. The molecule has 1 aromatic carbocycles. The number of benzene rings is 1. The van der Waals surface area contributed by atoms with E-state index in [1.807, 2.05) is 0 Å². The zero-order chi connectivity index (χ0) is 15.3. The Balaban J connectivity index is 3.22. The van der Waals surface area contributed by atoms with Crippen LogP contribution in [0, 0.1) is 10.1 Å². The fourth-order valence-electron chi connectivity index (χ4n) is 1.65. The highest BCUT2D eigenvalue weighted by molar-refractivity contribution is 5.85. The third-order valence-electron chi connectivity index (χ3n) is 2.71. The van der Waals surface area contributed by atoms with Crippen LogP contribution in [0.1, 0.15) is 6.92 Å². The Morgan fingerprint density at radius 2 is 1.85 bits per heavy atom. The van der Waals surface area contributed by atoms with Gasteiger partial charge >= 0.3 is 0 Å². The highest BCUT2D eigenvalue weighted by Crippen LogP contribution is 2.37. The number of hydrogen-bond acceptors (Lipinski definition) is 6. The van der Waals surface area contributed by atoms with Crippen LogP contribution in [0.4, 0.5) is 11.4 Å². The van der Waals surface area contributed by atoms with Crippen molar-refractivity contribution in [2.24, 2.45) is 0 Å². The molecule has 110 valence electrons. The molecule has 8 heteroatoms. The van der Waals surface area contributed by atoms with Crippen molar-refractivity contribution >= 4 is 17.3 Å². The van der Waals surface area contributed by atoms with Crippen molar-refractivity contribution in [3.05, 3.63) is 22.2 Å². The van der Waals surface area contributed by atoms with E-state index in [9.17, 15) is 14.9 Å². The van der Waals surface area contributed by atoms with Gasteiger partial charge in [0, 0.05) is 13.1 Å². The molecule has 0 saturated heterocycles. The minimum atomic E-state index is -0.628. The second kappa shape index (κ2) is 6.60. The van der Waals surface area contributed by atoms with Gasteiger partial charge in [0.05, 0.1) is 25.2 Å². The van der Waals surface area contributed by atoms with Crippen molar-refractivity contribution in [3.63, 3.8) is 0 Å². The molecule has 0 aromatic heterocycles. The predicted molar refractivity (Wildman–Crippen MR) is 73.4 cm³/mol. The predicted octanol–water partition coefficient (Wildman–Crippen LogP) is 1.16. The molecule has 1 amide bonds. The summed E-state index contributed by atoms with van der Waals surface area (Å²) < 4.78 is 10.1. The van der Waals surface area contributed by atoms with E-state index in [1.165, 1.54) is 33.4 Å². The third-order valence-corrected chi connectivity index (χ3v) is 2.71. The average Bonchev–Trinajstić information content (AvgIpc) is 2.45. The van der Waals surface area contributed by atoms with Crippen molar-refractivity contribution in [1.29, 1.82) is 0 Å². The lowest BCUT2D eigenvalue weighted by Gasteiger charge is -2.15. The third kappa shape index (κ3) is 3.28. The van der Waals surface area contributed by atoms with Gasteiger partial charge in [0.2, 0.25) is 5.91 Å². The van der Waals surface area contributed by atoms with Crippen molar-refractivity contribution < 1.29 is 19.2 Å². The first-order chi connectivity index (χ1) is 9.44. The number of nitrogens with zero attached hydrogens (tertiary/aromatic N) is 1. The molecule has 0 bridgehead atoms. The monoisotopic (exact) mass is 283 g/mol. The lowest BCUT2D eigenvalue weighted by Crippen LogP contribution is -2.35. The average molecular weight is 283 g/mol. The SMILES string of the molecule is CNC(=O)C(C)Nc1cc(OC)c(OC)cc1[N+](=O)[O-]. The lowest BCUT2D eigenvalue weighted by molar-refractivity contribution is -0.384. The number of rotatable bonds is 6. The van der Waals surface area contributed by atoms with Crippen molar-refractivity contribution in [1.82, 2.24) is 5.32 Å². The van der Waals surface area contributed by atoms with Crippen LogP contribution in [-0.4, -0.2) is 38.1 Å².